The summed E-state index contributed by atoms with van der Waals surface area (Å²) >= 11 is 0. The van der Waals surface area contributed by atoms with E-state index in [1.54, 1.807) is 0 Å². The van der Waals surface area contributed by atoms with Crippen LogP contribution in [-0.2, 0) is 9.53 Å². The zero-order valence-corrected chi connectivity index (χ0v) is 10.8. The first-order valence-corrected chi connectivity index (χ1v) is 6.55. The minimum Gasteiger partial charge on any atom is -0.466 e. The number of carbonyl (C=O) groups is 1. The van der Waals surface area contributed by atoms with Gasteiger partial charge in [-0.25, -0.2) is 4.79 Å². The molecule has 0 aromatic carbocycles. The van der Waals surface area contributed by atoms with Crippen LogP contribution in [0, 0.1) is 0 Å². The van der Waals surface area contributed by atoms with Gasteiger partial charge >= 0.3 is 5.97 Å². The molecule has 0 bridgehead atoms. The van der Waals surface area contributed by atoms with Crippen LogP contribution in [0.4, 0.5) is 0 Å². The number of allylic oxidation sites excluding steroid dienone is 1. The fraction of sp³-hybridized carbons (Fsp3) is 0.786. The molecule has 0 aliphatic heterocycles. The van der Waals surface area contributed by atoms with E-state index in [0.717, 1.165) is 6.42 Å². The Balaban J connectivity index is 3.09. The highest BCUT2D eigenvalue weighted by Crippen LogP contribution is 2.09. The number of rotatable bonds is 10. The van der Waals surface area contributed by atoms with Gasteiger partial charge in [-0.15, -0.1) is 0 Å². The van der Waals surface area contributed by atoms with Crippen LogP contribution in [0.5, 0.6) is 0 Å². The van der Waals surface area contributed by atoms with Crippen molar-refractivity contribution in [1.29, 1.82) is 0 Å². The van der Waals surface area contributed by atoms with Crippen molar-refractivity contribution in [3.05, 3.63) is 12.2 Å². The maximum Gasteiger partial charge on any atom is 0.330 e. The molecule has 0 saturated heterocycles. The Labute approximate surface area is 100 Å². The second-order valence-corrected chi connectivity index (χ2v) is 4.19. The molecule has 0 unspecified atom stereocenters. The Kier molecular flexibility index (Phi) is 11.7. The molecule has 2 heteroatoms. The number of esters is 1. The molecule has 0 aromatic heterocycles. The van der Waals surface area contributed by atoms with Gasteiger partial charge in [-0.05, 0) is 12.8 Å². The molecule has 94 valence electrons. The third kappa shape index (κ3) is 11.3. The summed E-state index contributed by atoms with van der Waals surface area (Å²) in [4.78, 5) is 10.7. The van der Waals surface area contributed by atoms with Gasteiger partial charge in [-0.1, -0.05) is 57.9 Å². The van der Waals surface area contributed by atoms with Crippen LogP contribution in [0.25, 0.3) is 0 Å². The van der Waals surface area contributed by atoms with E-state index >= 15 is 0 Å². The molecule has 0 heterocycles. The van der Waals surface area contributed by atoms with Crippen LogP contribution in [0.1, 0.15) is 64.7 Å². The van der Waals surface area contributed by atoms with Gasteiger partial charge in [0.1, 0.15) is 0 Å². The highest BCUT2D eigenvalue weighted by Gasteiger charge is 1.92. The Morgan fingerprint density at radius 3 is 2.12 bits per heavy atom. The molecule has 0 N–H and O–H groups in total. The number of hydrogen-bond donors (Lipinski definition) is 0. The number of hydrogen-bond acceptors (Lipinski definition) is 2. The molecule has 2 nitrogen and oxygen atoms in total. The van der Waals surface area contributed by atoms with E-state index in [9.17, 15) is 4.79 Å². The molecule has 0 atom stereocenters. The van der Waals surface area contributed by atoms with Gasteiger partial charge in [0.15, 0.2) is 0 Å². The quantitative estimate of drug-likeness (QED) is 0.316. The Morgan fingerprint density at radius 2 is 1.56 bits per heavy atom. The Bertz CT molecular complexity index is 185. The summed E-state index contributed by atoms with van der Waals surface area (Å²) < 4.78 is 4.51. The summed E-state index contributed by atoms with van der Waals surface area (Å²) in [5.41, 5.74) is 0. The molecule has 0 aliphatic carbocycles. The normalized spacial score (nSPS) is 10.9. The lowest BCUT2D eigenvalue weighted by atomic mass is 10.1. The van der Waals surface area contributed by atoms with Crippen LogP contribution in [0.15, 0.2) is 12.2 Å². The first-order chi connectivity index (χ1) is 7.81. The van der Waals surface area contributed by atoms with Gasteiger partial charge in [0.25, 0.3) is 0 Å². The average Bonchev–Trinajstić information content (AvgIpc) is 2.31. The number of methoxy groups -OCH3 is 1. The van der Waals surface area contributed by atoms with Gasteiger partial charge < -0.3 is 4.74 Å². The molecule has 0 fully saturated rings. The molecule has 0 saturated carbocycles. The lowest BCUT2D eigenvalue weighted by Crippen LogP contribution is -1.93. The summed E-state index contributed by atoms with van der Waals surface area (Å²) in [6.45, 7) is 2.24. The summed E-state index contributed by atoms with van der Waals surface area (Å²) in [5, 5.41) is 0. The van der Waals surface area contributed by atoms with Crippen molar-refractivity contribution in [2.75, 3.05) is 7.11 Å². The lowest BCUT2D eigenvalue weighted by molar-refractivity contribution is -0.134. The van der Waals surface area contributed by atoms with E-state index in [1.807, 2.05) is 6.08 Å². The third-order valence-corrected chi connectivity index (χ3v) is 2.68. The largest absolute Gasteiger partial charge is 0.466 e. The highest BCUT2D eigenvalue weighted by molar-refractivity contribution is 5.81. The van der Waals surface area contributed by atoms with E-state index in [2.05, 4.69) is 11.7 Å². The van der Waals surface area contributed by atoms with Crippen LogP contribution in [0.2, 0.25) is 0 Å². The van der Waals surface area contributed by atoms with E-state index in [4.69, 9.17) is 0 Å². The summed E-state index contributed by atoms with van der Waals surface area (Å²) in [6.07, 6.45) is 15.0. The van der Waals surface area contributed by atoms with E-state index in [-0.39, 0.29) is 5.97 Å². The van der Waals surface area contributed by atoms with Gasteiger partial charge in [0, 0.05) is 6.08 Å². The zero-order chi connectivity index (χ0) is 12.1. The molecule has 0 rings (SSSR count). The first kappa shape index (κ1) is 15.2. The zero-order valence-electron chi connectivity index (χ0n) is 10.8. The van der Waals surface area contributed by atoms with Gasteiger partial charge in [-0.2, -0.15) is 0 Å². The van der Waals surface area contributed by atoms with Gasteiger partial charge in [0.05, 0.1) is 7.11 Å². The van der Waals surface area contributed by atoms with Gasteiger partial charge in [-0.3, -0.25) is 0 Å². The average molecular weight is 226 g/mol. The van der Waals surface area contributed by atoms with Crippen molar-refractivity contribution >= 4 is 5.97 Å². The second-order valence-electron chi connectivity index (χ2n) is 4.19. The SMILES string of the molecule is CCCCCCCCCC/C=C/C(=O)OC. The highest BCUT2D eigenvalue weighted by atomic mass is 16.5. The minimum absolute atomic E-state index is 0.250. The molecule has 0 radical (unpaired) electrons. The van der Waals surface area contributed by atoms with Crippen LogP contribution in [-0.4, -0.2) is 13.1 Å². The predicted molar refractivity (Wildman–Crippen MR) is 68.4 cm³/mol. The molecule has 16 heavy (non-hydrogen) atoms. The summed E-state index contributed by atoms with van der Waals surface area (Å²) in [6, 6.07) is 0. The van der Waals surface area contributed by atoms with Crippen molar-refractivity contribution in [2.45, 2.75) is 64.7 Å². The fourth-order valence-corrected chi connectivity index (χ4v) is 1.64. The van der Waals surface area contributed by atoms with Crippen molar-refractivity contribution < 1.29 is 9.53 Å². The lowest BCUT2D eigenvalue weighted by Gasteiger charge is -1.99. The van der Waals surface area contributed by atoms with Crippen LogP contribution in [0.3, 0.4) is 0 Å². The van der Waals surface area contributed by atoms with E-state index < -0.39 is 0 Å². The monoisotopic (exact) mass is 226 g/mol. The number of carbonyl (C=O) groups excluding carboxylic acids is 1. The maximum atomic E-state index is 10.7. The van der Waals surface area contributed by atoms with E-state index in [1.165, 1.54) is 64.6 Å². The van der Waals surface area contributed by atoms with Crippen molar-refractivity contribution in [2.24, 2.45) is 0 Å². The summed E-state index contributed by atoms with van der Waals surface area (Å²) in [5.74, 6) is -0.250. The third-order valence-electron chi connectivity index (χ3n) is 2.68. The smallest absolute Gasteiger partial charge is 0.330 e. The first-order valence-electron chi connectivity index (χ1n) is 6.55. The molecule has 0 aliphatic rings. The topological polar surface area (TPSA) is 26.3 Å². The molecule has 0 spiro atoms. The molecular formula is C14H26O2. The second kappa shape index (κ2) is 12.3. The number of ether oxygens (including phenoxy) is 1. The Hall–Kier alpha value is -0.790. The number of unbranched alkanes of at least 4 members (excludes halogenated alkanes) is 8. The fourth-order valence-electron chi connectivity index (χ4n) is 1.64. The van der Waals surface area contributed by atoms with Crippen LogP contribution < -0.4 is 0 Å². The predicted octanol–water partition coefficient (Wildman–Crippen LogP) is 4.25. The van der Waals surface area contributed by atoms with Crippen molar-refractivity contribution in [1.82, 2.24) is 0 Å². The standard InChI is InChI=1S/C14H26O2/c1-3-4-5-6-7-8-9-10-11-12-13-14(15)16-2/h12-13H,3-11H2,1-2H3/b13-12+. The molecular weight excluding hydrogens is 200 g/mol. The maximum absolute atomic E-state index is 10.7. The molecule has 0 aromatic rings. The van der Waals surface area contributed by atoms with Crippen molar-refractivity contribution in [3.8, 4) is 0 Å². The van der Waals surface area contributed by atoms with E-state index in [0.29, 0.717) is 0 Å². The molecule has 0 amide bonds. The van der Waals surface area contributed by atoms with Crippen molar-refractivity contribution in [3.63, 3.8) is 0 Å². The Morgan fingerprint density at radius 1 is 1.00 bits per heavy atom. The van der Waals surface area contributed by atoms with Crippen LogP contribution >= 0.6 is 0 Å². The van der Waals surface area contributed by atoms with Gasteiger partial charge in [0.2, 0.25) is 0 Å². The minimum atomic E-state index is -0.250. The summed E-state index contributed by atoms with van der Waals surface area (Å²) in [7, 11) is 1.41.